The standard InChI is InChI=1S/C35H38BrN3O5S/c1-26(2)23-37-35(41)33(22-27-11-6-4-7-12-27)38(24-28-13-10-14-29(36)21-28)34(40)25-39(30-17-19-31(44-3)20-18-30)45(42,43)32-15-8-5-9-16-32/h4-21,26,33H,22-25H2,1-3H3,(H,37,41)/t33-/m0/s1. The number of carbonyl (C=O) groups is 2. The van der Waals surface area contributed by atoms with E-state index in [0.717, 1.165) is 19.9 Å². The Hall–Kier alpha value is -4.15. The molecule has 4 rings (SSSR count). The number of benzene rings is 4. The summed E-state index contributed by atoms with van der Waals surface area (Å²) in [5.74, 6) is -0.0889. The minimum atomic E-state index is -4.17. The predicted molar refractivity (Wildman–Crippen MR) is 180 cm³/mol. The van der Waals surface area contributed by atoms with Crippen LogP contribution in [0.1, 0.15) is 25.0 Å². The van der Waals surface area contributed by atoms with Crippen LogP contribution in [0.5, 0.6) is 5.75 Å². The summed E-state index contributed by atoms with van der Waals surface area (Å²) in [5, 5.41) is 3.00. The monoisotopic (exact) mass is 691 g/mol. The zero-order chi connectivity index (χ0) is 32.4. The Morgan fingerprint density at radius 3 is 2.07 bits per heavy atom. The Morgan fingerprint density at radius 1 is 0.844 bits per heavy atom. The first kappa shape index (κ1) is 33.7. The molecule has 0 radical (unpaired) electrons. The number of halogens is 1. The summed E-state index contributed by atoms with van der Waals surface area (Å²) in [6.07, 6.45) is 0.248. The summed E-state index contributed by atoms with van der Waals surface area (Å²) in [5.41, 5.74) is 1.95. The Kier molecular flexibility index (Phi) is 11.8. The van der Waals surface area contributed by atoms with Crippen LogP contribution in [0.25, 0.3) is 0 Å². The van der Waals surface area contributed by atoms with E-state index in [2.05, 4.69) is 21.2 Å². The summed E-state index contributed by atoms with van der Waals surface area (Å²) in [6, 6.07) is 30.5. The van der Waals surface area contributed by atoms with Gasteiger partial charge in [-0.2, -0.15) is 0 Å². The van der Waals surface area contributed by atoms with Gasteiger partial charge in [-0.1, -0.05) is 90.4 Å². The van der Waals surface area contributed by atoms with Crippen molar-refractivity contribution in [2.24, 2.45) is 5.92 Å². The van der Waals surface area contributed by atoms with E-state index in [1.165, 1.54) is 24.1 Å². The van der Waals surface area contributed by atoms with Crippen LogP contribution in [0.4, 0.5) is 5.69 Å². The van der Waals surface area contributed by atoms with Gasteiger partial charge in [0, 0.05) is 24.0 Å². The van der Waals surface area contributed by atoms with E-state index in [1.54, 1.807) is 42.5 Å². The molecule has 0 saturated carbocycles. The summed E-state index contributed by atoms with van der Waals surface area (Å²) < 4.78 is 35.3. The fourth-order valence-corrected chi connectivity index (χ4v) is 6.69. The van der Waals surface area contributed by atoms with Crippen molar-refractivity contribution in [3.63, 3.8) is 0 Å². The Bertz CT molecular complexity index is 1670. The number of methoxy groups -OCH3 is 1. The number of hydrogen-bond donors (Lipinski definition) is 1. The normalized spacial score (nSPS) is 11.9. The fraction of sp³-hybridized carbons (Fsp3) is 0.257. The molecule has 0 aliphatic heterocycles. The highest BCUT2D eigenvalue weighted by atomic mass is 79.9. The van der Waals surface area contributed by atoms with Gasteiger partial charge in [-0.15, -0.1) is 0 Å². The maximum absolute atomic E-state index is 14.5. The van der Waals surface area contributed by atoms with Crippen LogP contribution in [0, 0.1) is 5.92 Å². The fourth-order valence-electron chi connectivity index (χ4n) is 4.81. The predicted octanol–water partition coefficient (Wildman–Crippen LogP) is 6.07. The molecule has 45 heavy (non-hydrogen) atoms. The topological polar surface area (TPSA) is 96.0 Å². The first-order valence-corrected chi connectivity index (χ1v) is 16.9. The number of sulfonamides is 1. The summed E-state index contributed by atoms with van der Waals surface area (Å²) >= 11 is 3.50. The van der Waals surface area contributed by atoms with Gasteiger partial charge >= 0.3 is 0 Å². The Balaban J connectivity index is 1.79. The first-order chi connectivity index (χ1) is 21.6. The van der Waals surface area contributed by atoms with Crippen molar-refractivity contribution in [1.82, 2.24) is 10.2 Å². The van der Waals surface area contributed by atoms with E-state index >= 15 is 0 Å². The molecule has 1 N–H and O–H groups in total. The summed E-state index contributed by atoms with van der Waals surface area (Å²) in [4.78, 5) is 29.9. The average Bonchev–Trinajstić information content (AvgIpc) is 3.05. The number of anilines is 1. The molecule has 0 spiro atoms. The van der Waals surface area contributed by atoms with E-state index in [-0.39, 0.29) is 29.7 Å². The molecule has 0 heterocycles. The summed E-state index contributed by atoms with van der Waals surface area (Å²) in [7, 11) is -2.65. The third-order valence-corrected chi connectivity index (χ3v) is 9.45. The molecule has 8 nitrogen and oxygen atoms in total. The summed E-state index contributed by atoms with van der Waals surface area (Å²) in [6.45, 7) is 3.99. The van der Waals surface area contributed by atoms with Gasteiger partial charge in [-0.25, -0.2) is 8.42 Å². The van der Waals surface area contributed by atoms with Gasteiger partial charge in [-0.3, -0.25) is 13.9 Å². The zero-order valence-corrected chi connectivity index (χ0v) is 28.0. The number of amides is 2. The van der Waals surface area contributed by atoms with Crippen LogP contribution in [0.15, 0.2) is 119 Å². The number of rotatable bonds is 14. The second kappa shape index (κ2) is 15.7. The van der Waals surface area contributed by atoms with Crippen molar-refractivity contribution in [3.05, 3.63) is 125 Å². The maximum atomic E-state index is 14.5. The van der Waals surface area contributed by atoms with Gasteiger partial charge in [0.1, 0.15) is 18.3 Å². The van der Waals surface area contributed by atoms with Crippen molar-refractivity contribution in [2.45, 2.75) is 37.8 Å². The SMILES string of the molecule is COc1ccc(N(CC(=O)N(Cc2cccc(Br)c2)[C@@H](Cc2ccccc2)C(=O)NCC(C)C)S(=O)(=O)c2ccccc2)cc1. The van der Waals surface area contributed by atoms with Crippen LogP contribution in [-0.4, -0.2) is 51.4 Å². The van der Waals surface area contributed by atoms with Crippen LogP contribution in [0.3, 0.4) is 0 Å². The number of hydrogen-bond acceptors (Lipinski definition) is 5. The minimum Gasteiger partial charge on any atom is -0.497 e. The van der Waals surface area contributed by atoms with Crippen LogP contribution >= 0.6 is 15.9 Å². The highest BCUT2D eigenvalue weighted by Gasteiger charge is 2.34. The van der Waals surface area contributed by atoms with Crippen molar-refractivity contribution >= 4 is 43.5 Å². The third-order valence-electron chi connectivity index (χ3n) is 7.17. The Labute approximate surface area is 274 Å². The van der Waals surface area contributed by atoms with E-state index < -0.39 is 28.5 Å². The second-order valence-electron chi connectivity index (χ2n) is 11.0. The molecule has 1 atom stereocenters. The second-order valence-corrected chi connectivity index (χ2v) is 13.8. The number of ether oxygens (including phenoxy) is 1. The lowest BCUT2D eigenvalue weighted by molar-refractivity contribution is -0.140. The molecule has 10 heteroatoms. The van der Waals surface area contributed by atoms with Gasteiger partial charge in [0.15, 0.2) is 0 Å². The lowest BCUT2D eigenvalue weighted by Gasteiger charge is -2.34. The van der Waals surface area contributed by atoms with Gasteiger partial charge in [0.2, 0.25) is 11.8 Å². The molecular formula is C35H38BrN3O5S. The first-order valence-electron chi connectivity index (χ1n) is 14.7. The molecule has 2 amide bonds. The zero-order valence-electron chi connectivity index (χ0n) is 25.6. The molecule has 0 bridgehead atoms. The van der Waals surface area contributed by atoms with E-state index in [9.17, 15) is 18.0 Å². The smallest absolute Gasteiger partial charge is 0.264 e. The van der Waals surface area contributed by atoms with Crippen LogP contribution in [-0.2, 0) is 32.6 Å². The largest absolute Gasteiger partial charge is 0.497 e. The number of nitrogens with one attached hydrogen (secondary N) is 1. The lowest BCUT2D eigenvalue weighted by Crippen LogP contribution is -2.53. The third kappa shape index (κ3) is 9.18. The highest BCUT2D eigenvalue weighted by Crippen LogP contribution is 2.27. The van der Waals surface area contributed by atoms with Gasteiger partial charge in [0.05, 0.1) is 17.7 Å². The van der Waals surface area contributed by atoms with E-state index in [0.29, 0.717) is 18.0 Å². The van der Waals surface area contributed by atoms with Crippen molar-refractivity contribution < 1.29 is 22.7 Å². The lowest BCUT2D eigenvalue weighted by atomic mass is 10.0. The molecule has 0 aromatic heterocycles. The minimum absolute atomic E-state index is 0.0441. The molecule has 4 aromatic carbocycles. The quantitative estimate of drug-likeness (QED) is 0.173. The maximum Gasteiger partial charge on any atom is 0.264 e. The Morgan fingerprint density at radius 2 is 1.47 bits per heavy atom. The van der Waals surface area contributed by atoms with E-state index in [1.807, 2.05) is 68.4 Å². The molecular weight excluding hydrogens is 654 g/mol. The van der Waals surface area contributed by atoms with Crippen LogP contribution in [0.2, 0.25) is 0 Å². The van der Waals surface area contributed by atoms with Crippen molar-refractivity contribution in [1.29, 1.82) is 0 Å². The van der Waals surface area contributed by atoms with Gasteiger partial charge in [-0.05, 0) is 65.6 Å². The molecule has 0 aliphatic rings. The number of carbonyl (C=O) groups excluding carboxylic acids is 2. The van der Waals surface area contributed by atoms with E-state index in [4.69, 9.17) is 4.74 Å². The molecule has 0 saturated heterocycles. The highest BCUT2D eigenvalue weighted by molar-refractivity contribution is 9.10. The average molecular weight is 693 g/mol. The molecule has 236 valence electrons. The molecule has 0 unspecified atom stereocenters. The molecule has 0 aliphatic carbocycles. The van der Waals surface area contributed by atoms with Crippen molar-refractivity contribution in [2.75, 3.05) is 24.5 Å². The van der Waals surface area contributed by atoms with Gasteiger partial charge in [0.25, 0.3) is 10.0 Å². The van der Waals surface area contributed by atoms with Crippen LogP contribution < -0.4 is 14.4 Å². The number of nitrogens with zero attached hydrogens (tertiary/aromatic N) is 2. The van der Waals surface area contributed by atoms with Gasteiger partial charge < -0.3 is 15.0 Å². The molecule has 0 fully saturated rings. The molecule has 4 aromatic rings. The van der Waals surface area contributed by atoms with Crippen molar-refractivity contribution in [3.8, 4) is 5.75 Å².